The van der Waals surface area contributed by atoms with Gasteiger partial charge in [0.25, 0.3) is 6.43 Å². The standard InChI is InChI=1S/C7H6F2N2O/c8-7(9)6-2-4(10)1-5(3-12)11-6/h1-3,7H,(H2,10,11). The minimum absolute atomic E-state index is 0.0784. The highest BCUT2D eigenvalue weighted by Crippen LogP contribution is 2.18. The molecule has 0 aliphatic heterocycles. The second-order valence-corrected chi connectivity index (χ2v) is 2.17. The molecular formula is C7H6F2N2O. The monoisotopic (exact) mass is 172 g/mol. The highest BCUT2D eigenvalue weighted by atomic mass is 19.3. The molecule has 1 aromatic rings. The first-order valence-corrected chi connectivity index (χ1v) is 3.14. The Bertz CT molecular complexity index is 301. The highest BCUT2D eigenvalue weighted by molar-refractivity contribution is 5.73. The Hall–Kier alpha value is -1.52. The highest BCUT2D eigenvalue weighted by Gasteiger charge is 2.10. The van der Waals surface area contributed by atoms with E-state index in [0.717, 1.165) is 6.07 Å². The Morgan fingerprint density at radius 3 is 2.67 bits per heavy atom. The van der Waals surface area contributed by atoms with Gasteiger partial charge in [0.15, 0.2) is 6.29 Å². The van der Waals surface area contributed by atoms with Crippen molar-refractivity contribution in [3.05, 3.63) is 23.5 Å². The third-order valence-corrected chi connectivity index (χ3v) is 1.23. The van der Waals surface area contributed by atoms with E-state index in [1.807, 2.05) is 0 Å². The van der Waals surface area contributed by atoms with Crippen LogP contribution >= 0.6 is 0 Å². The second kappa shape index (κ2) is 3.25. The van der Waals surface area contributed by atoms with Crippen molar-refractivity contribution in [2.75, 3.05) is 5.73 Å². The van der Waals surface area contributed by atoms with Crippen LogP contribution in [0.1, 0.15) is 22.6 Å². The molecule has 2 N–H and O–H groups in total. The van der Waals surface area contributed by atoms with E-state index >= 15 is 0 Å². The lowest BCUT2D eigenvalue weighted by Crippen LogP contribution is -1.98. The summed E-state index contributed by atoms with van der Waals surface area (Å²) in [5, 5.41) is 0. The fraction of sp³-hybridized carbons (Fsp3) is 0.143. The minimum Gasteiger partial charge on any atom is -0.399 e. The molecule has 5 heteroatoms. The van der Waals surface area contributed by atoms with Gasteiger partial charge < -0.3 is 5.73 Å². The van der Waals surface area contributed by atoms with Crippen molar-refractivity contribution in [2.24, 2.45) is 0 Å². The average molecular weight is 172 g/mol. The fourth-order valence-corrected chi connectivity index (χ4v) is 0.769. The maximum Gasteiger partial charge on any atom is 0.280 e. The maximum absolute atomic E-state index is 12.0. The second-order valence-electron chi connectivity index (χ2n) is 2.17. The first-order chi connectivity index (χ1) is 5.63. The lowest BCUT2D eigenvalue weighted by Gasteiger charge is -2.00. The molecular weight excluding hydrogens is 166 g/mol. The van der Waals surface area contributed by atoms with Gasteiger partial charge in [-0.05, 0) is 12.1 Å². The Balaban J connectivity index is 3.14. The summed E-state index contributed by atoms with van der Waals surface area (Å²) in [6.07, 6.45) is -2.32. The van der Waals surface area contributed by atoms with Crippen LogP contribution in [0.25, 0.3) is 0 Å². The van der Waals surface area contributed by atoms with Gasteiger partial charge in [0, 0.05) is 5.69 Å². The summed E-state index contributed by atoms with van der Waals surface area (Å²) in [6, 6.07) is 2.27. The van der Waals surface area contributed by atoms with Crippen molar-refractivity contribution < 1.29 is 13.6 Å². The molecule has 1 aromatic heterocycles. The molecule has 1 rings (SSSR count). The van der Waals surface area contributed by atoms with Crippen molar-refractivity contribution in [1.82, 2.24) is 4.98 Å². The Morgan fingerprint density at radius 2 is 2.17 bits per heavy atom. The molecule has 64 valence electrons. The number of anilines is 1. The van der Waals surface area contributed by atoms with E-state index in [9.17, 15) is 13.6 Å². The number of hydrogen-bond acceptors (Lipinski definition) is 3. The van der Waals surface area contributed by atoms with E-state index < -0.39 is 12.1 Å². The summed E-state index contributed by atoms with van der Waals surface area (Å²) in [5.74, 6) is 0. The van der Waals surface area contributed by atoms with Crippen LogP contribution in [0, 0.1) is 0 Å². The first kappa shape index (κ1) is 8.58. The quantitative estimate of drug-likeness (QED) is 0.686. The van der Waals surface area contributed by atoms with Crippen LogP contribution in [0.5, 0.6) is 0 Å². The Morgan fingerprint density at radius 1 is 1.50 bits per heavy atom. The van der Waals surface area contributed by atoms with Gasteiger partial charge in [0.2, 0.25) is 0 Å². The molecule has 12 heavy (non-hydrogen) atoms. The number of carbonyl (C=O) groups excluding carboxylic acids is 1. The number of aromatic nitrogens is 1. The van der Waals surface area contributed by atoms with Gasteiger partial charge in [-0.2, -0.15) is 0 Å². The smallest absolute Gasteiger partial charge is 0.280 e. The number of carbonyl (C=O) groups is 1. The number of nitrogens with two attached hydrogens (primary N) is 1. The van der Waals surface area contributed by atoms with Crippen molar-refractivity contribution in [2.45, 2.75) is 6.43 Å². The number of pyridine rings is 1. The molecule has 0 aliphatic carbocycles. The minimum atomic E-state index is -2.70. The third-order valence-electron chi connectivity index (χ3n) is 1.23. The third kappa shape index (κ3) is 1.75. The summed E-state index contributed by atoms with van der Waals surface area (Å²) in [7, 11) is 0. The number of nitrogen functional groups attached to an aromatic ring is 1. The van der Waals surface area contributed by atoms with Crippen LogP contribution < -0.4 is 5.73 Å². The van der Waals surface area contributed by atoms with Crippen molar-refractivity contribution in [3.8, 4) is 0 Å². The number of aldehydes is 1. The molecule has 0 radical (unpaired) electrons. The zero-order valence-electron chi connectivity index (χ0n) is 6.00. The zero-order chi connectivity index (χ0) is 9.14. The molecule has 0 unspecified atom stereocenters. The summed E-state index contributed by atoms with van der Waals surface area (Å²) in [4.78, 5) is 13.5. The molecule has 0 atom stereocenters. The molecule has 0 saturated heterocycles. The number of rotatable bonds is 2. The van der Waals surface area contributed by atoms with Gasteiger partial charge in [-0.15, -0.1) is 0 Å². The van der Waals surface area contributed by atoms with Gasteiger partial charge in [0.05, 0.1) is 0 Å². The Labute approximate surface area is 67.2 Å². The molecule has 0 spiro atoms. The van der Waals surface area contributed by atoms with Gasteiger partial charge >= 0.3 is 0 Å². The number of halogens is 2. The first-order valence-electron chi connectivity index (χ1n) is 3.14. The fourth-order valence-electron chi connectivity index (χ4n) is 0.769. The normalized spacial score (nSPS) is 10.2. The van der Waals surface area contributed by atoms with Gasteiger partial charge in [-0.25, -0.2) is 13.8 Å². The van der Waals surface area contributed by atoms with Crippen LogP contribution in [-0.4, -0.2) is 11.3 Å². The molecule has 0 aliphatic rings. The molecule has 0 amide bonds. The molecule has 1 heterocycles. The van der Waals surface area contributed by atoms with Crippen LogP contribution in [0.15, 0.2) is 12.1 Å². The van der Waals surface area contributed by atoms with Crippen molar-refractivity contribution in [3.63, 3.8) is 0 Å². The number of alkyl halides is 2. The molecule has 3 nitrogen and oxygen atoms in total. The van der Waals surface area contributed by atoms with Gasteiger partial charge in [-0.3, -0.25) is 4.79 Å². The van der Waals surface area contributed by atoms with Crippen LogP contribution in [0.3, 0.4) is 0 Å². The summed E-state index contributed by atoms with van der Waals surface area (Å²) in [5.41, 5.74) is 4.80. The lowest BCUT2D eigenvalue weighted by atomic mass is 10.3. The molecule has 0 aromatic carbocycles. The molecule has 0 saturated carbocycles. The summed E-state index contributed by atoms with van der Waals surface area (Å²) >= 11 is 0. The summed E-state index contributed by atoms with van der Waals surface area (Å²) < 4.78 is 24.1. The van der Waals surface area contributed by atoms with Gasteiger partial charge in [-0.1, -0.05) is 0 Å². The SMILES string of the molecule is Nc1cc(C=O)nc(C(F)F)c1. The van der Waals surface area contributed by atoms with E-state index in [1.165, 1.54) is 6.07 Å². The van der Waals surface area contributed by atoms with E-state index in [-0.39, 0.29) is 11.4 Å². The van der Waals surface area contributed by atoms with E-state index in [0.29, 0.717) is 6.29 Å². The number of nitrogens with zero attached hydrogens (tertiary/aromatic N) is 1. The zero-order valence-corrected chi connectivity index (χ0v) is 6.00. The van der Waals surface area contributed by atoms with Crippen LogP contribution in [0.2, 0.25) is 0 Å². The van der Waals surface area contributed by atoms with Crippen LogP contribution in [-0.2, 0) is 0 Å². The van der Waals surface area contributed by atoms with Crippen LogP contribution in [0.4, 0.5) is 14.5 Å². The van der Waals surface area contributed by atoms with Crippen molar-refractivity contribution >= 4 is 12.0 Å². The van der Waals surface area contributed by atoms with E-state index in [1.54, 1.807) is 0 Å². The topological polar surface area (TPSA) is 56.0 Å². The predicted octanol–water partition coefficient (Wildman–Crippen LogP) is 1.41. The average Bonchev–Trinajstić information content (AvgIpc) is 2.03. The predicted molar refractivity (Wildman–Crippen MR) is 39.0 cm³/mol. The van der Waals surface area contributed by atoms with E-state index in [2.05, 4.69) is 4.98 Å². The molecule has 0 bridgehead atoms. The maximum atomic E-state index is 12.0. The van der Waals surface area contributed by atoms with Crippen molar-refractivity contribution in [1.29, 1.82) is 0 Å². The van der Waals surface area contributed by atoms with E-state index in [4.69, 9.17) is 5.73 Å². The summed E-state index contributed by atoms with van der Waals surface area (Å²) in [6.45, 7) is 0. The molecule has 0 fully saturated rings. The lowest BCUT2D eigenvalue weighted by molar-refractivity contribution is 0.111. The van der Waals surface area contributed by atoms with Gasteiger partial charge in [0.1, 0.15) is 11.4 Å². The largest absolute Gasteiger partial charge is 0.399 e. The number of hydrogen-bond donors (Lipinski definition) is 1. The Kier molecular flexibility index (Phi) is 2.32.